The normalized spacial score (nSPS) is 11.7. The first-order chi connectivity index (χ1) is 10.1. The van der Waals surface area contributed by atoms with E-state index in [1.54, 1.807) is 0 Å². The van der Waals surface area contributed by atoms with E-state index in [9.17, 15) is 9.59 Å². The molecule has 1 unspecified atom stereocenters. The maximum atomic E-state index is 12.0. The highest BCUT2D eigenvalue weighted by molar-refractivity contribution is 5.85. The Bertz CT molecular complexity index is 499. The Kier molecular flexibility index (Phi) is 7.18. The van der Waals surface area contributed by atoms with Gasteiger partial charge in [0.2, 0.25) is 5.91 Å². The lowest BCUT2D eigenvalue weighted by molar-refractivity contribution is -0.143. The summed E-state index contributed by atoms with van der Waals surface area (Å²) in [6.07, 6.45) is 2.52. The topological polar surface area (TPSA) is 75.6 Å². The van der Waals surface area contributed by atoms with Gasteiger partial charge < -0.3 is 15.2 Å². The van der Waals surface area contributed by atoms with Gasteiger partial charge in [-0.2, -0.15) is 0 Å². The van der Waals surface area contributed by atoms with E-state index in [4.69, 9.17) is 9.84 Å². The summed E-state index contributed by atoms with van der Waals surface area (Å²) in [7, 11) is 0. The first kappa shape index (κ1) is 16.9. The van der Waals surface area contributed by atoms with Gasteiger partial charge >= 0.3 is 5.97 Å². The second-order valence-corrected chi connectivity index (χ2v) is 4.58. The summed E-state index contributed by atoms with van der Waals surface area (Å²) < 4.78 is 5.09. The number of carbonyl (C=O) groups excluding carboxylic acids is 1. The Morgan fingerprint density at radius 3 is 2.62 bits per heavy atom. The van der Waals surface area contributed by atoms with Gasteiger partial charge in [-0.3, -0.25) is 4.79 Å². The summed E-state index contributed by atoms with van der Waals surface area (Å²) >= 11 is 0. The molecule has 0 spiro atoms. The molecule has 0 saturated carbocycles. The molecule has 5 heteroatoms. The molecule has 0 aliphatic rings. The Balaban J connectivity index is 2.61. The summed E-state index contributed by atoms with van der Waals surface area (Å²) in [4.78, 5) is 23.1. The van der Waals surface area contributed by atoms with Gasteiger partial charge in [-0.05, 0) is 17.5 Å². The van der Waals surface area contributed by atoms with Crippen LogP contribution >= 0.6 is 0 Å². The van der Waals surface area contributed by atoms with Crippen LogP contribution in [-0.2, 0) is 27.2 Å². The maximum absolute atomic E-state index is 12.0. The van der Waals surface area contributed by atoms with Crippen LogP contribution in [-0.4, -0.2) is 36.2 Å². The Morgan fingerprint density at radius 2 is 2.05 bits per heavy atom. The van der Waals surface area contributed by atoms with Gasteiger partial charge in [0.05, 0.1) is 19.6 Å². The Hall–Kier alpha value is -2.14. The van der Waals surface area contributed by atoms with Crippen LogP contribution in [0.4, 0.5) is 0 Å². The van der Waals surface area contributed by atoms with Crippen LogP contribution in [0.5, 0.6) is 0 Å². The van der Waals surface area contributed by atoms with Crippen LogP contribution in [0.2, 0.25) is 0 Å². The van der Waals surface area contributed by atoms with Gasteiger partial charge in [0.1, 0.15) is 0 Å². The third kappa shape index (κ3) is 5.79. The van der Waals surface area contributed by atoms with Crippen molar-refractivity contribution in [1.82, 2.24) is 5.32 Å². The largest absolute Gasteiger partial charge is 0.480 e. The van der Waals surface area contributed by atoms with Crippen molar-refractivity contribution < 1.29 is 19.4 Å². The monoisotopic (exact) mass is 291 g/mol. The van der Waals surface area contributed by atoms with Crippen LogP contribution < -0.4 is 5.32 Å². The molecule has 21 heavy (non-hydrogen) atoms. The van der Waals surface area contributed by atoms with Crippen LogP contribution in [0.25, 0.3) is 0 Å². The zero-order valence-electron chi connectivity index (χ0n) is 12.2. The van der Waals surface area contributed by atoms with Crippen molar-refractivity contribution in [3.05, 3.63) is 48.0 Å². The molecule has 0 bridgehead atoms. The predicted octanol–water partition coefficient (Wildman–Crippen LogP) is 1.56. The lowest BCUT2D eigenvalue weighted by Gasteiger charge is -2.15. The minimum atomic E-state index is -1.11. The van der Waals surface area contributed by atoms with E-state index in [2.05, 4.69) is 11.9 Å². The van der Waals surface area contributed by atoms with E-state index in [-0.39, 0.29) is 25.5 Å². The zero-order valence-corrected chi connectivity index (χ0v) is 12.2. The molecule has 1 aromatic rings. The number of nitrogens with one attached hydrogen (secondary N) is 1. The first-order valence-corrected chi connectivity index (χ1v) is 6.86. The van der Waals surface area contributed by atoms with E-state index >= 15 is 0 Å². The van der Waals surface area contributed by atoms with E-state index in [1.807, 2.05) is 31.2 Å². The number of carboxylic acids is 1. The average molecular weight is 291 g/mol. The van der Waals surface area contributed by atoms with Gasteiger partial charge in [0, 0.05) is 0 Å². The molecule has 0 heterocycles. The smallest absolute Gasteiger partial charge is 0.328 e. The number of carbonyl (C=O) groups is 2. The average Bonchev–Trinajstić information content (AvgIpc) is 2.46. The van der Waals surface area contributed by atoms with Gasteiger partial charge in [-0.1, -0.05) is 37.3 Å². The quantitative estimate of drug-likeness (QED) is 0.535. The lowest BCUT2D eigenvalue weighted by Crippen LogP contribution is -2.44. The highest BCUT2D eigenvalue weighted by atomic mass is 16.5. The summed E-state index contributed by atoms with van der Waals surface area (Å²) in [5, 5.41) is 11.5. The minimum absolute atomic E-state index is 0.0808. The predicted molar refractivity (Wildman–Crippen MR) is 80.1 cm³/mol. The van der Waals surface area contributed by atoms with Crippen molar-refractivity contribution in [2.24, 2.45) is 0 Å². The molecule has 0 aliphatic heterocycles. The molecule has 1 aromatic carbocycles. The molecule has 1 rings (SSSR count). The fraction of sp³-hybridized carbons (Fsp3) is 0.375. The van der Waals surface area contributed by atoms with Crippen LogP contribution in [0, 0.1) is 0 Å². The molecule has 1 atom stereocenters. The molecule has 1 amide bonds. The molecule has 0 aliphatic carbocycles. The Morgan fingerprint density at radius 1 is 1.38 bits per heavy atom. The standard InChI is InChI=1S/C16H21NO4/c1-3-9-21-11-14(16(19)20)17-15(18)10-13-8-6-5-7-12(13)4-2/h3,5-8,14H,1,4,9-11H2,2H3,(H,17,18)(H,19,20). The number of hydrogen-bond donors (Lipinski definition) is 2. The number of amides is 1. The fourth-order valence-electron chi connectivity index (χ4n) is 1.94. The molecule has 0 fully saturated rings. The highest BCUT2D eigenvalue weighted by Gasteiger charge is 2.20. The third-order valence-electron chi connectivity index (χ3n) is 3.00. The number of ether oxygens (including phenoxy) is 1. The molecule has 0 aromatic heterocycles. The van der Waals surface area contributed by atoms with Crippen molar-refractivity contribution in [2.75, 3.05) is 13.2 Å². The molecule has 5 nitrogen and oxygen atoms in total. The third-order valence-corrected chi connectivity index (χ3v) is 3.00. The fourth-order valence-corrected chi connectivity index (χ4v) is 1.94. The number of benzene rings is 1. The second kappa shape index (κ2) is 8.92. The van der Waals surface area contributed by atoms with Crippen molar-refractivity contribution in [2.45, 2.75) is 25.8 Å². The first-order valence-electron chi connectivity index (χ1n) is 6.86. The Labute approximate surface area is 124 Å². The number of aliphatic carboxylic acids is 1. The summed E-state index contributed by atoms with van der Waals surface area (Å²) in [5.41, 5.74) is 2.00. The molecule has 2 N–H and O–H groups in total. The summed E-state index contributed by atoms with van der Waals surface area (Å²) in [5.74, 6) is -1.44. The van der Waals surface area contributed by atoms with E-state index < -0.39 is 12.0 Å². The lowest BCUT2D eigenvalue weighted by atomic mass is 10.0. The zero-order chi connectivity index (χ0) is 15.7. The molecule has 0 saturated heterocycles. The minimum Gasteiger partial charge on any atom is -0.480 e. The number of rotatable bonds is 9. The van der Waals surface area contributed by atoms with Gasteiger partial charge in [0.25, 0.3) is 0 Å². The number of aryl methyl sites for hydroxylation is 1. The highest BCUT2D eigenvalue weighted by Crippen LogP contribution is 2.10. The van der Waals surface area contributed by atoms with Crippen molar-refractivity contribution in [3.8, 4) is 0 Å². The van der Waals surface area contributed by atoms with Crippen molar-refractivity contribution >= 4 is 11.9 Å². The van der Waals surface area contributed by atoms with Crippen LogP contribution in [0.1, 0.15) is 18.1 Å². The van der Waals surface area contributed by atoms with Gasteiger partial charge in [-0.25, -0.2) is 4.79 Å². The molecule has 114 valence electrons. The maximum Gasteiger partial charge on any atom is 0.328 e. The van der Waals surface area contributed by atoms with Gasteiger partial charge in [0.15, 0.2) is 6.04 Å². The van der Waals surface area contributed by atoms with Gasteiger partial charge in [-0.15, -0.1) is 6.58 Å². The van der Waals surface area contributed by atoms with Crippen molar-refractivity contribution in [3.63, 3.8) is 0 Å². The number of carboxylic acid groups (broad SMARTS) is 1. The van der Waals surface area contributed by atoms with E-state index in [1.165, 1.54) is 6.08 Å². The molecular formula is C16H21NO4. The SMILES string of the molecule is C=CCOCC(NC(=O)Cc1ccccc1CC)C(=O)O. The van der Waals surface area contributed by atoms with E-state index in [0.717, 1.165) is 17.5 Å². The van der Waals surface area contributed by atoms with E-state index in [0.29, 0.717) is 0 Å². The van der Waals surface area contributed by atoms with Crippen LogP contribution in [0.3, 0.4) is 0 Å². The molecule has 0 radical (unpaired) electrons. The van der Waals surface area contributed by atoms with Crippen LogP contribution in [0.15, 0.2) is 36.9 Å². The summed E-state index contributed by atoms with van der Waals surface area (Å²) in [6.45, 7) is 5.66. The van der Waals surface area contributed by atoms with Crippen molar-refractivity contribution in [1.29, 1.82) is 0 Å². The number of hydrogen-bond acceptors (Lipinski definition) is 3. The molecular weight excluding hydrogens is 270 g/mol. The summed E-state index contributed by atoms with van der Waals surface area (Å²) in [6, 6.07) is 6.58. The second-order valence-electron chi connectivity index (χ2n) is 4.58.